The molecule has 0 radical (unpaired) electrons. The van der Waals surface area contributed by atoms with Gasteiger partial charge in [-0.05, 0) is 49.3 Å². The van der Waals surface area contributed by atoms with Gasteiger partial charge in [-0.3, -0.25) is 4.79 Å². The number of benzene rings is 1. The minimum Gasteiger partial charge on any atom is -0.503 e. The topological polar surface area (TPSA) is 107 Å². The van der Waals surface area contributed by atoms with E-state index in [1.807, 2.05) is 6.92 Å². The number of nitrogens with one attached hydrogen (secondary N) is 1. The Morgan fingerprint density at radius 3 is 2.66 bits per heavy atom. The maximum absolute atomic E-state index is 13.4. The Morgan fingerprint density at radius 1 is 1.23 bits per heavy atom. The number of hydrogen-bond acceptors (Lipinski definition) is 7. The lowest BCUT2D eigenvalue weighted by molar-refractivity contribution is -0.153. The number of cyclic esters (lactones) is 1. The van der Waals surface area contributed by atoms with Gasteiger partial charge in [0.2, 0.25) is 0 Å². The van der Waals surface area contributed by atoms with Crippen LogP contribution in [0.15, 0.2) is 36.5 Å². The van der Waals surface area contributed by atoms with Crippen molar-refractivity contribution < 1.29 is 33.3 Å². The Bertz CT molecular complexity index is 1040. The molecule has 1 aliphatic carbocycles. The zero-order valence-corrected chi connectivity index (χ0v) is 19.9. The summed E-state index contributed by atoms with van der Waals surface area (Å²) in [6, 6.07) is 6.72. The molecular formula is C26H31FN2O6. The molecule has 1 saturated carbocycles. The molecule has 2 N–H and O–H groups in total. The number of aromatic nitrogens is 1. The average molecular weight is 487 g/mol. The number of pyridine rings is 1. The summed E-state index contributed by atoms with van der Waals surface area (Å²) in [4.78, 5) is 29.7. The molecule has 9 heteroatoms. The van der Waals surface area contributed by atoms with Crippen LogP contribution in [-0.4, -0.2) is 54.4 Å². The third kappa shape index (κ3) is 6.28. The quantitative estimate of drug-likeness (QED) is 0.579. The van der Waals surface area contributed by atoms with Gasteiger partial charge in [0.25, 0.3) is 5.91 Å². The highest BCUT2D eigenvalue weighted by Gasteiger charge is 2.37. The van der Waals surface area contributed by atoms with Gasteiger partial charge in [-0.1, -0.05) is 25.0 Å². The standard InChI is InChI=1S/C26H31FN2O6/c1-15-20(12-17-5-7-19(27)8-6-17)18(11-16-3-4-16)13-34-14-21(26(32)35-15)29-25(31)23-24(30)22(33-2)9-10-28-23/h5-10,15-16,18,20-21,30H,3-4,11-14H2,1-2H3,(H,29,31)/t15-,18-,20-,21-/m0/s1. The number of aromatic hydroxyl groups is 1. The summed E-state index contributed by atoms with van der Waals surface area (Å²) < 4.78 is 30.2. The molecule has 35 heavy (non-hydrogen) atoms. The van der Waals surface area contributed by atoms with Crippen molar-refractivity contribution in [3.63, 3.8) is 0 Å². The van der Waals surface area contributed by atoms with E-state index in [1.54, 1.807) is 12.1 Å². The lowest BCUT2D eigenvalue weighted by Gasteiger charge is -2.31. The van der Waals surface area contributed by atoms with Crippen LogP contribution in [0.25, 0.3) is 0 Å². The zero-order valence-electron chi connectivity index (χ0n) is 19.9. The smallest absolute Gasteiger partial charge is 0.331 e. The van der Waals surface area contributed by atoms with Crippen molar-refractivity contribution in [2.75, 3.05) is 20.3 Å². The first kappa shape index (κ1) is 24.9. The van der Waals surface area contributed by atoms with Crippen LogP contribution in [0.4, 0.5) is 4.39 Å². The Balaban J connectivity index is 1.50. The van der Waals surface area contributed by atoms with Gasteiger partial charge < -0.3 is 24.6 Å². The van der Waals surface area contributed by atoms with E-state index in [1.165, 1.54) is 44.3 Å². The van der Waals surface area contributed by atoms with Gasteiger partial charge in [0.1, 0.15) is 11.9 Å². The van der Waals surface area contributed by atoms with E-state index in [9.17, 15) is 19.1 Å². The number of methoxy groups -OCH3 is 1. The van der Waals surface area contributed by atoms with Gasteiger partial charge in [-0.15, -0.1) is 0 Å². The number of rotatable bonds is 7. The normalized spacial score (nSPS) is 25.1. The number of carbonyl (C=O) groups is 2. The fourth-order valence-corrected chi connectivity index (χ4v) is 4.61. The summed E-state index contributed by atoms with van der Waals surface area (Å²) in [5.74, 6) is -1.21. The van der Waals surface area contributed by atoms with Crippen LogP contribution in [0.5, 0.6) is 11.5 Å². The maximum atomic E-state index is 13.4. The highest BCUT2D eigenvalue weighted by Crippen LogP contribution is 2.40. The summed E-state index contributed by atoms with van der Waals surface area (Å²) >= 11 is 0. The lowest BCUT2D eigenvalue weighted by atomic mass is 9.80. The highest BCUT2D eigenvalue weighted by molar-refractivity contribution is 5.98. The molecule has 2 aliphatic rings. The van der Waals surface area contributed by atoms with E-state index >= 15 is 0 Å². The van der Waals surface area contributed by atoms with Crippen molar-refractivity contribution >= 4 is 11.9 Å². The van der Waals surface area contributed by atoms with Crippen LogP contribution in [0.2, 0.25) is 0 Å². The molecule has 1 saturated heterocycles. The molecule has 0 spiro atoms. The molecule has 4 atom stereocenters. The summed E-state index contributed by atoms with van der Waals surface area (Å²) in [6.45, 7) is 2.20. The molecule has 4 rings (SSSR count). The Kier molecular flexibility index (Phi) is 7.85. The molecule has 1 aromatic carbocycles. The first-order valence-electron chi connectivity index (χ1n) is 11.9. The van der Waals surface area contributed by atoms with Crippen molar-refractivity contribution in [1.29, 1.82) is 0 Å². The van der Waals surface area contributed by atoms with Crippen molar-refractivity contribution in [3.8, 4) is 11.5 Å². The number of hydrogen-bond donors (Lipinski definition) is 2. The van der Waals surface area contributed by atoms with E-state index in [4.69, 9.17) is 14.2 Å². The summed E-state index contributed by atoms with van der Waals surface area (Å²) in [7, 11) is 1.36. The summed E-state index contributed by atoms with van der Waals surface area (Å²) in [5.41, 5.74) is 0.703. The predicted molar refractivity (Wildman–Crippen MR) is 125 cm³/mol. The predicted octanol–water partition coefficient (Wildman–Crippen LogP) is 3.27. The van der Waals surface area contributed by atoms with Crippen LogP contribution in [-0.2, 0) is 20.7 Å². The largest absolute Gasteiger partial charge is 0.503 e. The number of amides is 1. The van der Waals surface area contributed by atoms with Gasteiger partial charge in [-0.2, -0.15) is 0 Å². The fourth-order valence-electron chi connectivity index (χ4n) is 4.61. The molecule has 0 bridgehead atoms. The van der Waals surface area contributed by atoms with E-state index in [0.717, 1.165) is 12.0 Å². The first-order chi connectivity index (χ1) is 16.9. The van der Waals surface area contributed by atoms with E-state index < -0.39 is 29.8 Å². The summed E-state index contributed by atoms with van der Waals surface area (Å²) in [6.07, 6.45) is 4.84. The molecule has 8 nitrogen and oxygen atoms in total. The molecule has 188 valence electrons. The molecule has 1 amide bonds. The first-order valence-corrected chi connectivity index (χ1v) is 11.9. The number of ether oxygens (including phenoxy) is 3. The maximum Gasteiger partial charge on any atom is 0.331 e. The SMILES string of the molecule is COc1ccnc(C(=O)N[C@H]2COC[C@H](CC3CC3)[C@@H](Cc3ccc(F)cc3)[C@H](C)OC2=O)c1O. The molecule has 2 fully saturated rings. The van der Waals surface area contributed by atoms with Crippen molar-refractivity contribution in [3.05, 3.63) is 53.6 Å². The van der Waals surface area contributed by atoms with Gasteiger partial charge in [0.15, 0.2) is 23.2 Å². The van der Waals surface area contributed by atoms with Gasteiger partial charge in [0, 0.05) is 24.8 Å². The second kappa shape index (κ2) is 11.0. The number of esters is 1. The van der Waals surface area contributed by atoms with E-state index in [0.29, 0.717) is 18.9 Å². The Hall–Kier alpha value is -3.20. The second-order valence-electron chi connectivity index (χ2n) is 9.35. The third-order valence-corrected chi connectivity index (χ3v) is 6.76. The van der Waals surface area contributed by atoms with Crippen molar-refractivity contribution in [2.24, 2.45) is 17.8 Å². The van der Waals surface area contributed by atoms with E-state index in [2.05, 4.69) is 10.3 Å². The molecule has 2 heterocycles. The van der Waals surface area contributed by atoms with E-state index in [-0.39, 0.29) is 35.7 Å². The lowest BCUT2D eigenvalue weighted by Crippen LogP contribution is -2.46. The van der Waals surface area contributed by atoms with Gasteiger partial charge in [0.05, 0.1) is 13.7 Å². The van der Waals surface area contributed by atoms with Crippen molar-refractivity contribution in [1.82, 2.24) is 10.3 Å². The van der Waals surface area contributed by atoms with Crippen LogP contribution >= 0.6 is 0 Å². The third-order valence-electron chi connectivity index (χ3n) is 6.76. The minimum absolute atomic E-state index is 0.0245. The second-order valence-corrected chi connectivity index (χ2v) is 9.35. The van der Waals surface area contributed by atoms with Crippen molar-refractivity contribution in [2.45, 2.75) is 44.8 Å². The highest BCUT2D eigenvalue weighted by atomic mass is 19.1. The minimum atomic E-state index is -1.07. The molecule has 0 unspecified atom stereocenters. The van der Waals surface area contributed by atoms with Crippen LogP contribution in [0, 0.1) is 23.6 Å². The number of halogens is 1. The zero-order chi connectivity index (χ0) is 24.9. The molecule has 1 aromatic heterocycles. The van der Waals surface area contributed by atoms with Gasteiger partial charge in [-0.25, -0.2) is 14.2 Å². The number of nitrogens with zero attached hydrogens (tertiary/aromatic N) is 1. The Labute approximate surface area is 203 Å². The average Bonchev–Trinajstić information content (AvgIpc) is 3.65. The van der Waals surface area contributed by atoms with Crippen LogP contribution in [0.1, 0.15) is 42.2 Å². The monoisotopic (exact) mass is 486 g/mol. The molecule has 1 aliphatic heterocycles. The fraction of sp³-hybridized carbons (Fsp3) is 0.500. The molecular weight excluding hydrogens is 455 g/mol. The molecule has 2 aromatic rings. The van der Waals surface area contributed by atoms with Gasteiger partial charge >= 0.3 is 5.97 Å². The number of carbonyl (C=O) groups excluding carboxylic acids is 2. The summed E-state index contributed by atoms with van der Waals surface area (Å²) in [5, 5.41) is 12.8. The Morgan fingerprint density at radius 2 is 1.97 bits per heavy atom. The van der Waals surface area contributed by atoms with Crippen LogP contribution < -0.4 is 10.1 Å². The van der Waals surface area contributed by atoms with Crippen LogP contribution in [0.3, 0.4) is 0 Å².